The molecule has 112 valence electrons. The van der Waals surface area contributed by atoms with Gasteiger partial charge in [-0.3, -0.25) is 0 Å². The van der Waals surface area contributed by atoms with Gasteiger partial charge in [0.1, 0.15) is 5.82 Å². The zero-order valence-electron chi connectivity index (χ0n) is 12.9. The molecule has 3 heteroatoms. The van der Waals surface area contributed by atoms with Crippen LogP contribution in [0.2, 0.25) is 0 Å². The van der Waals surface area contributed by atoms with Crippen LogP contribution in [0.4, 0.5) is 4.39 Å². The zero-order valence-corrected chi connectivity index (χ0v) is 15.1. The Balaban J connectivity index is 2.62. The van der Waals surface area contributed by atoms with E-state index < -0.39 is 0 Å². The van der Waals surface area contributed by atoms with Crippen molar-refractivity contribution in [2.45, 2.75) is 33.7 Å². The minimum Gasteiger partial charge on any atom is -0.306 e. The first-order valence-electron chi connectivity index (χ1n) is 7.20. The molecule has 0 aliphatic carbocycles. The fourth-order valence-corrected chi connectivity index (χ4v) is 3.43. The molecule has 0 fully saturated rings. The summed E-state index contributed by atoms with van der Waals surface area (Å²) in [4.78, 5) is 0. The smallest absolute Gasteiger partial charge is 0.128 e. The molecule has 1 nitrogen and oxygen atoms in total. The van der Waals surface area contributed by atoms with Crippen molar-refractivity contribution in [2.24, 2.45) is 0 Å². The summed E-state index contributed by atoms with van der Waals surface area (Å²) in [6.45, 7) is 8.85. The standard InChI is InChI=1S/C18H21FIN/c1-5-21-18(14-8-6-7-12(3)17(14)20)16-13(4)9-11(2)10-15(16)19/h6-10,18,21H,5H2,1-4H3. The highest BCUT2D eigenvalue weighted by Crippen LogP contribution is 2.32. The van der Waals surface area contributed by atoms with Gasteiger partial charge in [0, 0.05) is 9.13 Å². The van der Waals surface area contributed by atoms with E-state index in [9.17, 15) is 4.39 Å². The van der Waals surface area contributed by atoms with E-state index in [2.05, 4.69) is 53.9 Å². The fraction of sp³-hybridized carbons (Fsp3) is 0.333. The molecule has 1 N–H and O–H groups in total. The normalized spacial score (nSPS) is 12.5. The van der Waals surface area contributed by atoms with Crippen LogP contribution in [0.1, 0.15) is 40.8 Å². The van der Waals surface area contributed by atoms with Gasteiger partial charge >= 0.3 is 0 Å². The van der Waals surface area contributed by atoms with Crippen molar-refractivity contribution in [3.05, 3.63) is 67.5 Å². The Labute approximate surface area is 140 Å². The van der Waals surface area contributed by atoms with Gasteiger partial charge < -0.3 is 5.32 Å². The number of benzene rings is 2. The summed E-state index contributed by atoms with van der Waals surface area (Å²) in [6, 6.07) is 9.77. The summed E-state index contributed by atoms with van der Waals surface area (Å²) < 4.78 is 15.8. The van der Waals surface area contributed by atoms with Crippen molar-refractivity contribution < 1.29 is 4.39 Å². The molecule has 0 saturated carbocycles. The van der Waals surface area contributed by atoms with Crippen LogP contribution in [0.5, 0.6) is 0 Å². The maximum atomic E-state index is 14.6. The lowest BCUT2D eigenvalue weighted by atomic mass is 9.92. The molecular formula is C18H21FIN. The monoisotopic (exact) mass is 397 g/mol. The molecule has 21 heavy (non-hydrogen) atoms. The van der Waals surface area contributed by atoms with Crippen molar-refractivity contribution in [1.29, 1.82) is 0 Å². The van der Waals surface area contributed by atoms with Crippen LogP contribution in [-0.4, -0.2) is 6.54 Å². The Morgan fingerprint density at radius 2 is 1.86 bits per heavy atom. The van der Waals surface area contributed by atoms with E-state index in [-0.39, 0.29) is 11.9 Å². The van der Waals surface area contributed by atoms with E-state index in [4.69, 9.17) is 0 Å². The largest absolute Gasteiger partial charge is 0.306 e. The molecule has 2 rings (SSSR count). The molecule has 2 aromatic rings. The van der Waals surface area contributed by atoms with Gasteiger partial charge in [-0.15, -0.1) is 0 Å². The molecule has 1 atom stereocenters. The van der Waals surface area contributed by atoms with Crippen LogP contribution in [0.25, 0.3) is 0 Å². The third kappa shape index (κ3) is 3.46. The highest BCUT2D eigenvalue weighted by molar-refractivity contribution is 14.1. The topological polar surface area (TPSA) is 12.0 Å². The molecule has 0 spiro atoms. The lowest BCUT2D eigenvalue weighted by Gasteiger charge is -2.24. The number of hydrogen-bond acceptors (Lipinski definition) is 1. The average molecular weight is 397 g/mol. The van der Waals surface area contributed by atoms with Crippen LogP contribution in [0.15, 0.2) is 30.3 Å². The third-order valence-corrected chi connectivity index (χ3v) is 5.18. The second kappa shape index (κ2) is 6.88. The summed E-state index contributed by atoms with van der Waals surface area (Å²) in [5.74, 6) is -0.129. The van der Waals surface area contributed by atoms with Crippen molar-refractivity contribution in [2.75, 3.05) is 6.54 Å². The molecule has 1 unspecified atom stereocenters. The van der Waals surface area contributed by atoms with E-state index in [1.54, 1.807) is 6.07 Å². The first-order chi connectivity index (χ1) is 9.95. The van der Waals surface area contributed by atoms with Crippen LogP contribution >= 0.6 is 22.6 Å². The van der Waals surface area contributed by atoms with Gasteiger partial charge in [-0.1, -0.05) is 31.2 Å². The van der Waals surface area contributed by atoms with Gasteiger partial charge in [-0.2, -0.15) is 0 Å². The van der Waals surface area contributed by atoms with Crippen molar-refractivity contribution in [3.8, 4) is 0 Å². The molecule has 0 radical (unpaired) electrons. The van der Waals surface area contributed by atoms with Crippen LogP contribution in [0.3, 0.4) is 0 Å². The number of aryl methyl sites for hydroxylation is 3. The average Bonchev–Trinajstić information content (AvgIpc) is 2.40. The fourth-order valence-electron chi connectivity index (χ4n) is 2.76. The molecular weight excluding hydrogens is 376 g/mol. The van der Waals surface area contributed by atoms with E-state index in [0.29, 0.717) is 0 Å². The predicted octanol–water partition coefficient (Wildman–Crippen LogP) is 5.05. The molecule has 0 bridgehead atoms. The number of hydrogen-bond donors (Lipinski definition) is 1. The van der Waals surface area contributed by atoms with Gasteiger partial charge in [-0.05, 0) is 78.2 Å². The molecule has 0 aliphatic heterocycles. The van der Waals surface area contributed by atoms with Crippen LogP contribution in [-0.2, 0) is 0 Å². The van der Waals surface area contributed by atoms with Crippen molar-refractivity contribution in [3.63, 3.8) is 0 Å². The molecule has 0 heterocycles. The summed E-state index contributed by atoms with van der Waals surface area (Å²) in [5, 5.41) is 3.44. The quantitative estimate of drug-likeness (QED) is 0.712. The zero-order chi connectivity index (χ0) is 15.6. The lowest BCUT2D eigenvalue weighted by molar-refractivity contribution is 0.554. The molecule has 0 amide bonds. The Kier molecular flexibility index (Phi) is 5.38. The molecule has 0 aromatic heterocycles. The van der Waals surface area contributed by atoms with E-state index in [1.165, 1.54) is 9.13 Å². The highest BCUT2D eigenvalue weighted by Gasteiger charge is 2.22. The molecule has 0 saturated heterocycles. The van der Waals surface area contributed by atoms with Gasteiger partial charge in [0.25, 0.3) is 0 Å². The Hall–Kier alpha value is -0.940. The highest BCUT2D eigenvalue weighted by atomic mass is 127. The van der Waals surface area contributed by atoms with E-state index >= 15 is 0 Å². The van der Waals surface area contributed by atoms with Crippen molar-refractivity contribution >= 4 is 22.6 Å². The maximum absolute atomic E-state index is 14.6. The Morgan fingerprint density at radius 1 is 1.14 bits per heavy atom. The predicted molar refractivity (Wildman–Crippen MR) is 95.3 cm³/mol. The van der Waals surface area contributed by atoms with Crippen LogP contribution in [0, 0.1) is 30.2 Å². The summed E-state index contributed by atoms with van der Waals surface area (Å²) >= 11 is 2.35. The lowest BCUT2D eigenvalue weighted by Crippen LogP contribution is -2.25. The second-order valence-electron chi connectivity index (χ2n) is 5.45. The number of halogens is 2. The van der Waals surface area contributed by atoms with Gasteiger partial charge in [0.2, 0.25) is 0 Å². The third-order valence-electron chi connectivity index (χ3n) is 3.71. The van der Waals surface area contributed by atoms with Crippen molar-refractivity contribution in [1.82, 2.24) is 5.32 Å². The first-order valence-corrected chi connectivity index (χ1v) is 8.28. The minimum absolute atomic E-state index is 0.109. The summed E-state index contributed by atoms with van der Waals surface area (Å²) in [7, 11) is 0. The molecule has 2 aromatic carbocycles. The summed E-state index contributed by atoms with van der Waals surface area (Å²) in [6.07, 6.45) is 0. The molecule has 0 aliphatic rings. The summed E-state index contributed by atoms with van der Waals surface area (Å²) in [5.41, 5.74) is 5.08. The Morgan fingerprint density at radius 3 is 2.48 bits per heavy atom. The van der Waals surface area contributed by atoms with E-state index in [1.807, 2.05) is 26.0 Å². The SMILES string of the molecule is CCNC(c1cccc(C)c1I)c1c(C)cc(C)cc1F. The maximum Gasteiger partial charge on any atom is 0.128 e. The van der Waals surface area contributed by atoms with E-state index in [0.717, 1.165) is 28.8 Å². The number of rotatable bonds is 4. The Bertz CT molecular complexity index is 629. The van der Waals surface area contributed by atoms with Gasteiger partial charge in [0.05, 0.1) is 6.04 Å². The van der Waals surface area contributed by atoms with Crippen LogP contribution < -0.4 is 5.32 Å². The second-order valence-corrected chi connectivity index (χ2v) is 6.52. The first kappa shape index (κ1) is 16.4. The number of nitrogens with one attached hydrogen (secondary N) is 1. The minimum atomic E-state index is -0.129. The van der Waals surface area contributed by atoms with Gasteiger partial charge in [-0.25, -0.2) is 4.39 Å². The van der Waals surface area contributed by atoms with Gasteiger partial charge in [0.15, 0.2) is 0 Å².